The predicted molar refractivity (Wildman–Crippen MR) is 62.9 cm³/mol. The zero-order chi connectivity index (χ0) is 11.9. The van der Waals surface area contributed by atoms with E-state index in [0.29, 0.717) is 0 Å². The van der Waals surface area contributed by atoms with Crippen LogP contribution in [0, 0.1) is 6.92 Å². The quantitative estimate of drug-likeness (QED) is 0.815. The summed E-state index contributed by atoms with van der Waals surface area (Å²) in [6.45, 7) is 2.00. The first-order valence-corrected chi connectivity index (χ1v) is 5.23. The van der Waals surface area contributed by atoms with E-state index >= 15 is 0 Å². The minimum Gasteiger partial charge on any atom is -0.495 e. The molecule has 1 aromatic carbocycles. The number of anilines is 1. The van der Waals surface area contributed by atoms with Gasteiger partial charge in [-0.2, -0.15) is 0 Å². The number of aryl methyl sites for hydroxylation is 1. The van der Waals surface area contributed by atoms with Gasteiger partial charge in [0.25, 0.3) is 0 Å². The molecule has 0 aliphatic carbocycles. The summed E-state index contributed by atoms with van der Waals surface area (Å²) in [6.07, 6.45) is 0. The van der Waals surface area contributed by atoms with Crippen LogP contribution in [0.1, 0.15) is 17.2 Å². The van der Waals surface area contributed by atoms with E-state index in [1.165, 1.54) is 0 Å². The van der Waals surface area contributed by atoms with Crippen LogP contribution in [0.2, 0.25) is 0 Å². The first-order chi connectivity index (χ1) is 7.60. The molecular weight excluding hydrogens is 204 g/mol. The summed E-state index contributed by atoms with van der Waals surface area (Å²) in [4.78, 5) is 13.6. The van der Waals surface area contributed by atoms with Crippen molar-refractivity contribution in [3.8, 4) is 5.75 Å². The molecule has 1 heterocycles. The maximum Gasteiger partial charge on any atom is 0.248 e. The van der Waals surface area contributed by atoms with Crippen molar-refractivity contribution in [2.75, 3.05) is 26.1 Å². The lowest BCUT2D eigenvalue weighted by molar-refractivity contribution is -0.119. The van der Waals surface area contributed by atoms with E-state index in [9.17, 15) is 4.79 Å². The fourth-order valence-corrected chi connectivity index (χ4v) is 2.22. The number of fused-ring (bicyclic) bond motifs is 1. The van der Waals surface area contributed by atoms with Crippen LogP contribution in [0.5, 0.6) is 5.75 Å². The smallest absolute Gasteiger partial charge is 0.248 e. The van der Waals surface area contributed by atoms with Crippen LogP contribution in [0.3, 0.4) is 0 Å². The third-order valence-corrected chi connectivity index (χ3v) is 2.98. The van der Waals surface area contributed by atoms with E-state index in [0.717, 1.165) is 22.6 Å². The lowest BCUT2D eigenvalue weighted by Crippen LogP contribution is -2.30. The Morgan fingerprint density at radius 2 is 2.12 bits per heavy atom. The van der Waals surface area contributed by atoms with Gasteiger partial charge in [0, 0.05) is 12.6 Å². The van der Waals surface area contributed by atoms with Crippen molar-refractivity contribution >= 4 is 11.6 Å². The second-order valence-corrected chi connectivity index (χ2v) is 4.02. The monoisotopic (exact) mass is 220 g/mol. The molecule has 0 bridgehead atoms. The van der Waals surface area contributed by atoms with Crippen LogP contribution < -0.4 is 15.0 Å². The van der Waals surface area contributed by atoms with E-state index in [-0.39, 0.29) is 11.9 Å². The van der Waals surface area contributed by atoms with Crippen molar-refractivity contribution in [1.82, 2.24) is 5.32 Å². The highest BCUT2D eigenvalue weighted by Gasteiger charge is 2.36. The van der Waals surface area contributed by atoms with Crippen molar-refractivity contribution in [1.29, 1.82) is 0 Å². The molecule has 0 saturated carbocycles. The molecule has 1 aromatic rings. The van der Waals surface area contributed by atoms with Gasteiger partial charge in [-0.3, -0.25) is 4.79 Å². The summed E-state index contributed by atoms with van der Waals surface area (Å²) in [5.74, 6) is 0.810. The third kappa shape index (κ3) is 1.38. The number of benzene rings is 1. The Morgan fingerprint density at radius 3 is 2.69 bits per heavy atom. The van der Waals surface area contributed by atoms with E-state index in [1.807, 2.05) is 19.1 Å². The molecule has 4 heteroatoms. The molecule has 0 aromatic heterocycles. The van der Waals surface area contributed by atoms with Gasteiger partial charge in [0.1, 0.15) is 11.8 Å². The average molecular weight is 220 g/mol. The van der Waals surface area contributed by atoms with Gasteiger partial charge in [-0.1, -0.05) is 6.07 Å². The number of carbonyl (C=O) groups is 1. The Labute approximate surface area is 95.2 Å². The van der Waals surface area contributed by atoms with E-state index in [4.69, 9.17) is 4.74 Å². The molecule has 4 nitrogen and oxygen atoms in total. The van der Waals surface area contributed by atoms with Crippen LogP contribution >= 0.6 is 0 Å². The number of methoxy groups -OCH3 is 1. The van der Waals surface area contributed by atoms with Crippen LogP contribution in [0.25, 0.3) is 0 Å². The average Bonchev–Trinajstić information content (AvgIpc) is 2.50. The fourth-order valence-electron chi connectivity index (χ4n) is 2.22. The van der Waals surface area contributed by atoms with Gasteiger partial charge in [-0.05, 0) is 25.6 Å². The molecule has 16 heavy (non-hydrogen) atoms. The zero-order valence-electron chi connectivity index (χ0n) is 10.00. The normalized spacial score (nSPS) is 18.9. The predicted octanol–water partition coefficient (Wildman–Crippen LogP) is 1.24. The summed E-state index contributed by atoms with van der Waals surface area (Å²) in [7, 11) is 5.19. The molecule has 1 atom stereocenters. The summed E-state index contributed by atoms with van der Waals surface area (Å²) in [5, 5.41) is 3.03. The summed E-state index contributed by atoms with van der Waals surface area (Å²) < 4.78 is 5.33. The second kappa shape index (κ2) is 3.79. The number of ether oxygens (including phenoxy) is 1. The Balaban J connectivity index is 2.65. The van der Waals surface area contributed by atoms with Gasteiger partial charge in [0.15, 0.2) is 0 Å². The van der Waals surface area contributed by atoms with Crippen LogP contribution in [0.4, 0.5) is 5.69 Å². The standard InChI is InChI=1S/C12H16N2O2/c1-7-5-8-10(13-2)12(15)14(3)11(8)9(6-7)16-4/h5-6,10,13H,1-4H3. The number of amides is 1. The highest BCUT2D eigenvalue weighted by atomic mass is 16.5. The highest BCUT2D eigenvalue weighted by Crippen LogP contribution is 2.42. The minimum atomic E-state index is -0.256. The summed E-state index contributed by atoms with van der Waals surface area (Å²) in [5.41, 5.74) is 2.96. The lowest BCUT2D eigenvalue weighted by atomic mass is 10.0. The van der Waals surface area contributed by atoms with Crippen molar-refractivity contribution in [3.63, 3.8) is 0 Å². The van der Waals surface area contributed by atoms with E-state index < -0.39 is 0 Å². The molecule has 0 fully saturated rings. The number of nitrogens with one attached hydrogen (secondary N) is 1. The van der Waals surface area contributed by atoms with Crippen molar-refractivity contribution < 1.29 is 9.53 Å². The van der Waals surface area contributed by atoms with Crippen LogP contribution in [-0.4, -0.2) is 27.1 Å². The Hall–Kier alpha value is -1.55. The number of carbonyl (C=O) groups excluding carboxylic acids is 1. The topological polar surface area (TPSA) is 41.6 Å². The van der Waals surface area contributed by atoms with Crippen molar-refractivity contribution in [2.24, 2.45) is 0 Å². The largest absolute Gasteiger partial charge is 0.495 e. The number of likely N-dealkylation sites (N-methyl/N-ethyl adjacent to an activating group) is 2. The molecular formula is C12H16N2O2. The Kier molecular flexibility index (Phi) is 2.59. The van der Waals surface area contributed by atoms with E-state index in [2.05, 4.69) is 5.32 Å². The molecule has 0 saturated heterocycles. The van der Waals surface area contributed by atoms with Gasteiger partial charge in [0.2, 0.25) is 5.91 Å². The first kappa shape index (κ1) is 11.0. The number of hydrogen-bond donors (Lipinski definition) is 1. The molecule has 86 valence electrons. The van der Waals surface area contributed by atoms with Crippen molar-refractivity contribution in [2.45, 2.75) is 13.0 Å². The Bertz CT molecular complexity index is 443. The second-order valence-electron chi connectivity index (χ2n) is 4.02. The van der Waals surface area contributed by atoms with Gasteiger partial charge in [0.05, 0.1) is 12.8 Å². The van der Waals surface area contributed by atoms with Gasteiger partial charge in [-0.15, -0.1) is 0 Å². The third-order valence-electron chi connectivity index (χ3n) is 2.98. The lowest BCUT2D eigenvalue weighted by Gasteiger charge is -2.14. The molecule has 0 radical (unpaired) electrons. The first-order valence-electron chi connectivity index (χ1n) is 5.23. The summed E-state index contributed by atoms with van der Waals surface area (Å²) >= 11 is 0. The highest BCUT2D eigenvalue weighted by molar-refractivity contribution is 6.05. The molecule has 2 rings (SSSR count). The number of nitrogens with zero attached hydrogens (tertiary/aromatic N) is 1. The zero-order valence-corrected chi connectivity index (χ0v) is 10.00. The molecule has 1 unspecified atom stereocenters. The number of rotatable bonds is 2. The van der Waals surface area contributed by atoms with Gasteiger partial charge < -0.3 is 15.0 Å². The maximum atomic E-state index is 12.0. The minimum absolute atomic E-state index is 0.0569. The number of hydrogen-bond acceptors (Lipinski definition) is 3. The van der Waals surface area contributed by atoms with Crippen LogP contribution in [-0.2, 0) is 4.79 Å². The van der Waals surface area contributed by atoms with Crippen LogP contribution in [0.15, 0.2) is 12.1 Å². The Morgan fingerprint density at radius 1 is 1.44 bits per heavy atom. The molecule has 0 spiro atoms. The molecule has 1 aliphatic rings. The summed E-state index contributed by atoms with van der Waals surface area (Å²) in [6, 6.07) is 3.72. The molecule has 1 N–H and O–H groups in total. The van der Waals surface area contributed by atoms with Gasteiger partial charge in [-0.25, -0.2) is 0 Å². The molecule has 1 amide bonds. The maximum absolute atomic E-state index is 12.0. The van der Waals surface area contributed by atoms with E-state index in [1.54, 1.807) is 26.1 Å². The SMILES string of the molecule is CNC1C(=O)N(C)c2c(OC)cc(C)cc21. The fraction of sp³-hybridized carbons (Fsp3) is 0.417. The van der Waals surface area contributed by atoms with Crippen molar-refractivity contribution in [3.05, 3.63) is 23.3 Å². The van der Waals surface area contributed by atoms with Gasteiger partial charge >= 0.3 is 0 Å². The molecule has 1 aliphatic heterocycles.